The summed E-state index contributed by atoms with van der Waals surface area (Å²) < 4.78 is 6.89. The zero-order valence-corrected chi connectivity index (χ0v) is 13.4. The largest absolute Gasteiger partial charge is 0.494 e. The lowest BCUT2D eigenvalue weighted by Crippen LogP contribution is -2.04. The smallest absolute Gasteiger partial charge is 0.124 e. The maximum atomic E-state index is 5.63. The first-order valence-electron chi connectivity index (χ1n) is 6.41. The van der Waals surface area contributed by atoms with E-state index in [1.54, 1.807) is 0 Å². The topological polar surface area (TPSA) is 21.3 Å². The first-order valence-corrected chi connectivity index (χ1v) is 7.49. The monoisotopic (exact) mass is 367 g/mol. The summed E-state index contributed by atoms with van der Waals surface area (Å²) in [5, 5.41) is 3.47. The quantitative estimate of drug-likeness (QED) is 0.780. The predicted octanol–water partition coefficient (Wildman–Crippen LogP) is 4.61. The molecular weight excluding hydrogens is 349 g/mol. The number of hydrogen-bond acceptors (Lipinski definition) is 2. The van der Waals surface area contributed by atoms with Crippen LogP contribution in [0.4, 0.5) is 5.69 Å². The highest BCUT2D eigenvalue weighted by Crippen LogP contribution is 2.22. The number of anilines is 1. The van der Waals surface area contributed by atoms with E-state index in [1.165, 1.54) is 20.4 Å². The van der Waals surface area contributed by atoms with Crippen LogP contribution in [0.3, 0.4) is 0 Å². The molecule has 0 amide bonds. The van der Waals surface area contributed by atoms with Crippen molar-refractivity contribution in [3.05, 3.63) is 57.2 Å². The minimum atomic E-state index is 0.694. The van der Waals surface area contributed by atoms with Crippen LogP contribution in [0.5, 0.6) is 5.75 Å². The molecule has 0 radical (unpaired) electrons. The summed E-state index contributed by atoms with van der Waals surface area (Å²) in [6, 6.07) is 14.6. The van der Waals surface area contributed by atoms with E-state index in [2.05, 4.69) is 59.1 Å². The molecule has 100 valence electrons. The van der Waals surface area contributed by atoms with Crippen molar-refractivity contribution in [2.24, 2.45) is 0 Å². The number of aryl methyl sites for hydroxylation is 1. The number of ether oxygens (including phenoxy) is 1. The molecule has 0 aliphatic carbocycles. The molecule has 0 aromatic heterocycles. The molecule has 3 heteroatoms. The Labute approximate surface area is 128 Å². The SMILES string of the molecule is CCOc1ccccc1CNc1ccc(I)cc1C. The molecule has 0 atom stereocenters. The van der Waals surface area contributed by atoms with Crippen LogP contribution in [0.15, 0.2) is 42.5 Å². The number of halogens is 1. The van der Waals surface area contributed by atoms with Crippen molar-refractivity contribution in [1.82, 2.24) is 0 Å². The molecule has 0 heterocycles. The molecule has 0 bridgehead atoms. The summed E-state index contributed by atoms with van der Waals surface area (Å²) in [5.74, 6) is 0.959. The minimum absolute atomic E-state index is 0.694. The molecule has 2 nitrogen and oxygen atoms in total. The lowest BCUT2D eigenvalue weighted by Gasteiger charge is -2.13. The van der Waals surface area contributed by atoms with Gasteiger partial charge in [-0.25, -0.2) is 0 Å². The van der Waals surface area contributed by atoms with Gasteiger partial charge in [0.25, 0.3) is 0 Å². The molecular formula is C16H18INO. The Morgan fingerprint density at radius 3 is 2.68 bits per heavy atom. The van der Waals surface area contributed by atoms with Crippen molar-refractivity contribution in [3.8, 4) is 5.75 Å². The second-order valence-electron chi connectivity index (χ2n) is 4.35. The molecule has 2 aromatic carbocycles. The summed E-state index contributed by atoms with van der Waals surface area (Å²) in [6.07, 6.45) is 0. The van der Waals surface area contributed by atoms with Crippen molar-refractivity contribution in [3.63, 3.8) is 0 Å². The summed E-state index contributed by atoms with van der Waals surface area (Å²) >= 11 is 2.33. The van der Waals surface area contributed by atoms with Crippen molar-refractivity contribution >= 4 is 28.3 Å². The molecule has 0 aliphatic rings. The fourth-order valence-electron chi connectivity index (χ4n) is 1.96. The predicted molar refractivity (Wildman–Crippen MR) is 88.8 cm³/mol. The molecule has 0 saturated carbocycles. The van der Waals surface area contributed by atoms with E-state index in [9.17, 15) is 0 Å². The Kier molecular flexibility index (Phi) is 5.07. The van der Waals surface area contributed by atoms with Crippen molar-refractivity contribution in [2.45, 2.75) is 20.4 Å². The summed E-state index contributed by atoms with van der Waals surface area (Å²) in [7, 11) is 0. The van der Waals surface area contributed by atoms with Gasteiger partial charge in [-0.15, -0.1) is 0 Å². The number of rotatable bonds is 5. The number of para-hydroxylation sites is 1. The highest BCUT2D eigenvalue weighted by molar-refractivity contribution is 14.1. The first kappa shape index (κ1) is 14.2. The molecule has 19 heavy (non-hydrogen) atoms. The van der Waals surface area contributed by atoms with Crippen LogP contribution in [-0.2, 0) is 6.54 Å². The van der Waals surface area contributed by atoms with Crippen molar-refractivity contribution in [2.75, 3.05) is 11.9 Å². The van der Waals surface area contributed by atoms with Crippen LogP contribution in [0, 0.1) is 10.5 Å². The third-order valence-corrected chi connectivity index (χ3v) is 3.60. The van der Waals surface area contributed by atoms with E-state index >= 15 is 0 Å². The standard InChI is InChI=1S/C16H18INO/c1-3-19-16-7-5-4-6-13(16)11-18-15-9-8-14(17)10-12(15)2/h4-10,18H,3,11H2,1-2H3. The summed E-state index contributed by atoms with van der Waals surface area (Å²) in [4.78, 5) is 0. The van der Waals surface area contributed by atoms with E-state index < -0.39 is 0 Å². The Balaban J connectivity index is 2.10. The molecule has 0 saturated heterocycles. The van der Waals surface area contributed by atoms with E-state index in [0.29, 0.717) is 6.61 Å². The van der Waals surface area contributed by atoms with Gasteiger partial charge >= 0.3 is 0 Å². The van der Waals surface area contributed by atoms with Crippen LogP contribution in [0.2, 0.25) is 0 Å². The Morgan fingerprint density at radius 2 is 1.95 bits per heavy atom. The van der Waals surface area contributed by atoms with Crippen LogP contribution in [0.1, 0.15) is 18.1 Å². The van der Waals surface area contributed by atoms with Crippen LogP contribution >= 0.6 is 22.6 Å². The van der Waals surface area contributed by atoms with Gasteiger partial charge in [0, 0.05) is 21.4 Å². The summed E-state index contributed by atoms with van der Waals surface area (Å²) in [5.41, 5.74) is 3.62. The Bertz CT molecular complexity index is 554. The van der Waals surface area contributed by atoms with Gasteiger partial charge in [-0.3, -0.25) is 0 Å². The van der Waals surface area contributed by atoms with Crippen LogP contribution in [-0.4, -0.2) is 6.61 Å². The fourth-order valence-corrected chi connectivity index (χ4v) is 2.61. The molecule has 1 N–H and O–H groups in total. The Morgan fingerprint density at radius 1 is 1.16 bits per heavy atom. The molecule has 2 rings (SSSR count). The van der Waals surface area contributed by atoms with Crippen molar-refractivity contribution in [1.29, 1.82) is 0 Å². The van der Waals surface area contributed by atoms with Gasteiger partial charge in [-0.1, -0.05) is 18.2 Å². The average molecular weight is 367 g/mol. The third-order valence-electron chi connectivity index (χ3n) is 2.93. The van der Waals surface area contributed by atoms with E-state index in [-0.39, 0.29) is 0 Å². The number of hydrogen-bond donors (Lipinski definition) is 1. The maximum Gasteiger partial charge on any atom is 0.124 e. The van der Waals surface area contributed by atoms with Crippen LogP contribution in [0.25, 0.3) is 0 Å². The highest BCUT2D eigenvalue weighted by Gasteiger charge is 2.03. The Hall–Kier alpha value is -1.23. The first-order chi connectivity index (χ1) is 9.20. The highest BCUT2D eigenvalue weighted by atomic mass is 127. The van der Waals surface area contributed by atoms with Crippen LogP contribution < -0.4 is 10.1 Å². The zero-order valence-electron chi connectivity index (χ0n) is 11.2. The minimum Gasteiger partial charge on any atom is -0.494 e. The number of benzene rings is 2. The lowest BCUT2D eigenvalue weighted by atomic mass is 10.1. The van der Waals surface area contributed by atoms with Gasteiger partial charge in [0.15, 0.2) is 0 Å². The second-order valence-corrected chi connectivity index (χ2v) is 5.60. The van der Waals surface area contributed by atoms with Gasteiger partial charge in [0.1, 0.15) is 5.75 Å². The van der Waals surface area contributed by atoms with Gasteiger partial charge in [-0.05, 0) is 66.3 Å². The molecule has 0 unspecified atom stereocenters. The normalized spacial score (nSPS) is 10.3. The lowest BCUT2D eigenvalue weighted by molar-refractivity contribution is 0.337. The third kappa shape index (κ3) is 3.86. The van der Waals surface area contributed by atoms with Gasteiger partial charge in [0.2, 0.25) is 0 Å². The average Bonchev–Trinajstić information content (AvgIpc) is 2.40. The van der Waals surface area contributed by atoms with Gasteiger partial charge in [0.05, 0.1) is 6.61 Å². The fraction of sp³-hybridized carbons (Fsp3) is 0.250. The zero-order chi connectivity index (χ0) is 13.7. The molecule has 0 spiro atoms. The van der Waals surface area contributed by atoms with E-state index in [4.69, 9.17) is 4.74 Å². The maximum absolute atomic E-state index is 5.63. The molecule has 0 fully saturated rings. The summed E-state index contributed by atoms with van der Waals surface area (Å²) in [6.45, 7) is 5.60. The molecule has 0 aliphatic heterocycles. The van der Waals surface area contributed by atoms with Crippen molar-refractivity contribution < 1.29 is 4.74 Å². The van der Waals surface area contributed by atoms with E-state index in [1.807, 2.05) is 25.1 Å². The number of nitrogens with one attached hydrogen (secondary N) is 1. The second kappa shape index (κ2) is 6.80. The van der Waals surface area contributed by atoms with Gasteiger partial charge in [-0.2, -0.15) is 0 Å². The van der Waals surface area contributed by atoms with Gasteiger partial charge < -0.3 is 10.1 Å². The molecule has 2 aromatic rings. The van der Waals surface area contributed by atoms with E-state index in [0.717, 1.165) is 12.3 Å².